The third kappa shape index (κ3) is 21.2. The molecule has 5 aliphatic heterocycles. The molecule has 0 amide bonds. The zero-order valence-electron chi connectivity index (χ0n) is 66.9. The number of rotatable bonds is 19. The fourth-order valence-electron chi connectivity index (χ4n) is 20.8. The van der Waals surface area contributed by atoms with Gasteiger partial charge < -0.3 is 43.7 Å². The van der Waals surface area contributed by atoms with Crippen molar-refractivity contribution in [3.8, 4) is 34.5 Å². The van der Waals surface area contributed by atoms with Crippen LogP contribution in [-0.2, 0) is 78.4 Å². The van der Waals surface area contributed by atoms with E-state index in [1.807, 2.05) is 13.8 Å². The first-order valence-corrected chi connectivity index (χ1v) is 41.4. The molecule has 5 fully saturated rings. The Bertz CT molecular complexity index is 3230. The average Bonchev–Trinajstić information content (AvgIpc) is 0.799. The number of aromatic hydroxyl groups is 3. The van der Waals surface area contributed by atoms with E-state index in [1.54, 1.807) is 27.4 Å². The summed E-state index contributed by atoms with van der Waals surface area (Å²) in [5, 5.41) is 30.7. The van der Waals surface area contributed by atoms with Gasteiger partial charge in [0.15, 0.2) is 31.9 Å². The van der Waals surface area contributed by atoms with Crippen LogP contribution in [0.2, 0.25) is 0 Å². The third-order valence-electron chi connectivity index (χ3n) is 25.8. The van der Waals surface area contributed by atoms with Crippen LogP contribution in [0.3, 0.4) is 0 Å². The number of halogens is 1. The van der Waals surface area contributed by atoms with E-state index in [2.05, 4.69) is 128 Å². The van der Waals surface area contributed by atoms with Crippen LogP contribution in [-0.4, -0.2) is 177 Å². The lowest BCUT2D eigenvalue weighted by Gasteiger charge is -2.45. The quantitative estimate of drug-likeness (QED) is 0.0535. The van der Waals surface area contributed by atoms with Crippen molar-refractivity contribution in [3.63, 3.8) is 0 Å². The molecule has 5 aliphatic carbocycles. The molecule has 0 radical (unpaired) electrons. The highest BCUT2D eigenvalue weighted by Gasteiger charge is 2.42. The molecular weight excluding hydrogens is 1450 g/mol. The molecule has 0 saturated carbocycles. The summed E-state index contributed by atoms with van der Waals surface area (Å²) in [6.45, 7) is 33.0. The van der Waals surface area contributed by atoms with Crippen LogP contribution in [0.5, 0.6) is 34.5 Å². The molecule has 3 N–H and O–H groups in total. The van der Waals surface area contributed by atoms with E-state index >= 15 is 0 Å². The van der Waals surface area contributed by atoms with Crippen LogP contribution in [0.4, 0.5) is 0 Å². The summed E-state index contributed by atoms with van der Waals surface area (Å²) in [7, 11) is 4.97. The summed E-state index contributed by atoms with van der Waals surface area (Å²) in [6, 6.07) is 25.0. The number of fused-ring (bicyclic) bond motifs is 10. The molecule has 107 heavy (non-hydrogen) atoms. The molecule has 15 rings (SSSR count). The number of piperidine rings is 5. The van der Waals surface area contributed by atoms with Crippen molar-refractivity contribution in [2.24, 2.45) is 29.6 Å². The first-order valence-electron chi connectivity index (χ1n) is 41.4. The topological polar surface area (TPSA) is 132 Å². The molecule has 598 valence electrons. The number of hydrogen-bond donors (Lipinski definition) is 3. The number of phenols is 3. The maximum absolute atomic E-state index is 10.3. The third-order valence-corrected chi connectivity index (χ3v) is 25.8. The summed E-state index contributed by atoms with van der Waals surface area (Å²) in [5.41, 5.74) is 18.1. The van der Waals surface area contributed by atoms with Gasteiger partial charge in [-0.25, -0.2) is 0 Å². The lowest BCUT2D eigenvalue weighted by atomic mass is 9.74. The molecule has 0 unspecified atom stereocenters. The van der Waals surface area contributed by atoms with E-state index in [0.717, 1.165) is 96.9 Å². The Kier molecular flexibility index (Phi) is 35.2. The van der Waals surface area contributed by atoms with Gasteiger partial charge in [0.25, 0.3) is 0 Å². The van der Waals surface area contributed by atoms with E-state index in [-0.39, 0.29) is 51.4 Å². The molecular formula is C92H144IN5O9. The smallest absolute Gasteiger partial charge is 0.188 e. The first kappa shape index (κ1) is 87.9. The molecule has 5 saturated heterocycles. The standard InChI is InChI=1S/2C19H29NO2.C18H27NO3.2C17H25NO.2CH4.HI/c2*1-4-9-20-10-5-6-16-11-17-15(12-18(16)20)8-7-14(2)19(17)22-13-21-3;1-3-8-19-9-4-5-14-10-15-13(11-16(14)19)6-7-17(20)18(15)22-12-21-2;2*1-3-8-18-9-4-5-14-10-15-13(11-16(14)18)7-6-12(2)17(15)19;;;/h2*7-8,16,18H,4-6,9-13H2,1-3H3;6-7,14,16,20H,3-5,8-12H2,1-2H3;2*6-7,14,16,19H,3-5,8-11H2,1-2H3;2*1H4;1H/t2*16-,18-;3*14-,16-;;;/m11111.../s1. The molecule has 14 nitrogen and oxygen atoms in total. The molecule has 15 heteroatoms. The predicted molar refractivity (Wildman–Crippen MR) is 451 cm³/mol. The van der Waals surface area contributed by atoms with Gasteiger partial charge >= 0.3 is 0 Å². The number of nitrogens with zero attached hydrogens (tertiary/aromatic N) is 5. The van der Waals surface area contributed by atoms with Gasteiger partial charge in [-0.05, 0) is 362 Å². The van der Waals surface area contributed by atoms with Gasteiger partial charge in [0.2, 0.25) is 0 Å². The number of aryl methyl sites for hydroxylation is 4. The summed E-state index contributed by atoms with van der Waals surface area (Å²) in [4.78, 5) is 13.5. The Morgan fingerprint density at radius 2 is 0.551 bits per heavy atom. The zero-order valence-corrected chi connectivity index (χ0v) is 69.2. The van der Waals surface area contributed by atoms with Crippen molar-refractivity contribution in [1.29, 1.82) is 0 Å². The van der Waals surface area contributed by atoms with Gasteiger partial charge in [0, 0.05) is 57.1 Å². The normalized spacial score (nSPS) is 24.7. The number of hydrogen-bond acceptors (Lipinski definition) is 14. The van der Waals surface area contributed by atoms with Crippen LogP contribution in [0.15, 0.2) is 60.7 Å². The summed E-state index contributed by atoms with van der Waals surface area (Å²) in [6.07, 6.45) is 30.7. The van der Waals surface area contributed by atoms with Gasteiger partial charge in [-0.3, -0.25) is 24.5 Å². The number of phenolic OH excluding ortho intramolecular Hbond substituents is 3. The van der Waals surface area contributed by atoms with E-state index in [9.17, 15) is 15.3 Å². The zero-order chi connectivity index (χ0) is 73.4. The molecule has 5 heterocycles. The summed E-state index contributed by atoms with van der Waals surface area (Å²) >= 11 is 0. The van der Waals surface area contributed by atoms with E-state index < -0.39 is 0 Å². The molecule has 5 aromatic rings. The molecule has 0 bridgehead atoms. The predicted octanol–water partition coefficient (Wildman–Crippen LogP) is 18.6. The highest BCUT2D eigenvalue weighted by atomic mass is 127. The van der Waals surface area contributed by atoms with Gasteiger partial charge in [0.05, 0.1) is 0 Å². The molecule has 0 aromatic heterocycles. The minimum absolute atomic E-state index is 0. The van der Waals surface area contributed by atoms with Gasteiger partial charge in [0.1, 0.15) is 23.0 Å². The number of likely N-dealkylation sites (tertiary alicyclic amines) is 5. The van der Waals surface area contributed by atoms with Gasteiger partial charge in [-0.1, -0.05) is 104 Å². The minimum atomic E-state index is 0. The minimum Gasteiger partial charge on any atom is -0.507 e. The van der Waals surface area contributed by atoms with Crippen molar-refractivity contribution in [3.05, 3.63) is 139 Å². The Balaban J connectivity index is 0.000000168. The maximum Gasteiger partial charge on any atom is 0.188 e. The highest BCUT2D eigenvalue weighted by Crippen LogP contribution is 2.46. The fraction of sp³-hybridized carbons (Fsp3) is 0.674. The molecule has 0 spiro atoms. The van der Waals surface area contributed by atoms with E-state index in [0.29, 0.717) is 54.9 Å². The van der Waals surface area contributed by atoms with E-state index in [4.69, 9.17) is 28.4 Å². The first-order chi connectivity index (χ1) is 50.6. The Morgan fingerprint density at radius 3 is 0.822 bits per heavy atom. The van der Waals surface area contributed by atoms with Crippen molar-refractivity contribution in [1.82, 2.24) is 24.5 Å². The van der Waals surface area contributed by atoms with Crippen molar-refractivity contribution >= 4 is 24.0 Å². The molecule has 5 aromatic carbocycles. The number of methoxy groups -OCH3 is 3. The van der Waals surface area contributed by atoms with Crippen molar-refractivity contribution < 1.29 is 43.7 Å². The average molecular weight is 1590 g/mol. The number of ether oxygens (including phenoxy) is 6. The van der Waals surface area contributed by atoms with Crippen LogP contribution >= 0.6 is 24.0 Å². The lowest BCUT2D eigenvalue weighted by Crippen LogP contribution is -2.49. The van der Waals surface area contributed by atoms with Crippen LogP contribution in [0.1, 0.15) is 224 Å². The van der Waals surface area contributed by atoms with Gasteiger partial charge in [-0.2, -0.15) is 0 Å². The molecule has 10 atom stereocenters. The second-order valence-electron chi connectivity index (χ2n) is 32.7. The monoisotopic (exact) mass is 1590 g/mol. The van der Waals surface area contributed by atoms with Crippen molar-refractivity contribution in [2.45, 2.75) is 268 Å². The Morgan fingerprint density at radius 1 is 0.318 bits per heavy atom. The lowest BCUT2D eigenvalue weighted by molar-refractivity contribution is 0.0461. The second kappa shape index (κ2) is 42.8. The SMILES string of the molecule is C.C.CCCN1CCC[C@@H]2Cc3c(ccc(C)c3O)C[C@H]21.CCCN1CCC[C@@H]2Cc3c(ccc(C)c3O)C[C@H]21.CCCN1CCC[C@@H]2Cc3c(ccc(C)c3OCOC)C[C@H]21.CCCN1CCC[C@@H]2Cc3c(ccc(C)c3OCOC)C[C@H]21.CCCN1CCC[C@@H]2Cc3c(ccc(O)c3OCOC)C[C@H]21.I. The second-order valence-corrected chi connectivity index (χ2v) is 32.7. The van der Waals surface area contributed by atoms with Crippen LogP contribution in [0, 0.1) is 57.3 Å². The Labute approximate surface area is 665 Å². The highest BCUT2D eigenvalue weighted by molar-refractivity contribution is 14.0. The van der Waals surface area contributed by atoms with Crippen molar-refractivity contribution in [2.75, 3.05) is 107 Å². The maximum atomic E-state index is 10.3. The summed E-state index contributed by atoms with van der Waals surface area (Å²) < 4.78 is 32.7. The largest absolute Gasteiger partial charge is 0.507 e. The van der Waals surface area contributed by atoms with Crippen LogP contribution < -0.4 is 14.2 Å². The summed E-state index contributed by atoms with van der Waals surface area (Å²) in [5.74, 6) is 7.89. The van der Waals surface area contributed by atoms with Gasteiger partial charge in [-0.15, -0.1) is 24.0 Å². The Hall–Kier alpha value is -4.69. The fourth-order valence-corrected chi connectivity index (χ4v) is 20.8. The number of benzene rings is 5. The van der Waals surface area contributed by atoms with E-state index in [1.165, 1.54) is 254 Å². The molecule has 10 aliphatic rings. The van der Waals surface area contributed by atoms with Crippen LogP contribution in [0.25, 0.3) is 0 Å².